The van der Waals surface area contributed by atoms with Crippen LogP contribution in [0, 0.1) is 13.7 Å². The van der Waals surface area contributed by atoms with Crippen LogP contribution in [0.5, 0.6) is 5.75 Å². The van der Waals surface area contributed by atoms with E-state index in [2.05, 4.69) is 27.9 Å². The molecule has 0 aliphatic rings. The van der Waals surface area contributed by atoms with Gasteiger partial charge in [-0.25, -0.2) is 0 Å². The Bertz CT molecular complexity index is 676. The molecule has 0 unspecified atom stereocenters. The third-order valence-corrected chi connectivity index (χ3v) is 3.51. The van der Waals surface area contributed by atoms with Gasteiger partial charge in [0.1, 0.15) is 0 Å². The second-order valence-corrected chi connectivity index (χ2v) is 5.20. The van der Waals surface area contributed by atoms with E-state index < -0.39 is 4.92 Å². The van der Waals surface area contributed by atoms with Crippen molar-refractivity contribution in [2.24, 2.45) is 0 Å². The van der Waals surface area contributed by atoms with E-state index in [-0.39, 0.29) is 24.0 Å². The van der Waals surface area contributed by atoms with Gasteiger partial charge in [0.05, 0.1) is 10.6 Å². The number of benzene rings is 2. The lowest BCUT2D eigenvalue weighted by molar-refractivity contribution is -0.385. The SMILES string of the molecule is O=C(COc1ccccc1[N+](=O)[O-])Nc1ccccc1I. The highest BCUT2D eigenvalue weighted by molar-refractivity contribution is 14.1. The molecule has 0 fully saturated rings. The number of ether oxygens (including phenoxy) is 1. The van der Waals surface area contributed by atoms with Crippen molar-refractivity contribution < 1.29 is 14.5 Å². The second kappa shape index (κ2) is 7.02. The quantitative estimate of drug-likeness (QED) is 0.477. The van der Waals surface area contributed by atoms with E-state index in [0.717, 1.165) is 3.57 Å². The molecule has 0 spiro atoms. The molecule has 2 rings (SSSR count). The van der Waals surface area contributed by atoms with E-state index in [1.54, 1.807) is 18.2 Å². The first kappa shape index (κ1) is 15.2. The van der Waals surface area contributed by atoms with Crippen LogP contribution in [0.1, 0.15) is 0 Å². The Balaban J connectivity index is 1.99. The zero-order valence-corrected chi connectivity index (χ0v) is 12.9. The lowest BCUT2D eigenvalue weighted by Crippen LogP contribution is -2.20. The smallest absolute Gasteiger partial charge is 0.310 e. The average Bonchev–Trinajstić information content (AvgIpc) is 2.48. The molecule has 0 saturated heterocycles. The van der Waals surface area contributed by atoms with Gasteiger partial charge in [-0.05, 0) is 40.8 Å². The number of nitro groups is 1. The predicted molar refractivity (Wildman–Crippen MR) is 86.4 cm³/mol. The predicted octanol–water partition coefficient (Wildman–Crippen LogP) is 3.22. The van der Waals surface area contributed by atoms with Crippen molar-refractivity contribution in [1.82, 2.24) is 0 Å². The molecule has 108 valence electrons. The number of rotatable bonds is 5. The van der Waals surface area contributed by atoms with Crippen LogP contribution in [-0.4, -0.2) is 17.4 Å². The molecule has 0 bridgehead atoms. The van der Waals surface area contributed by atoms with E-state index >= 15 is 0 Å². The molecule has 0 aliphatic heterocycles. The summed E-state index contributed by atoms with van der Waals surface area (Å²) < 4.78 is 6.11. The number of hydrogen-bond acceptors (Lipinski definition) is 4. The largest absolute Gasteiger partial charge is 0.477 e. The molecule has 0 aromatic heterocycles. The van der Waals surface area contributed by atoms with Gasteiger partial charge in [-0.3, -0.25) is 14.9 Å². The third-order valence-electron chi connectivity index (χ3n) is 2.57. The maximum absolute atomic E-state index is 11.8. The van der Waals surface area contributed by atoms with Crippen LogP contribution in [0.3, 0.4) is 0 Å². The van der Waals surface area contributed by atoms with Gasteiger partial charge in [-0.1, -0.05) is 24.3 Å². The summed E-state index contributed by atoms with van der Waals surface area (Å²) in [5, 5.41) is 13.5. The van der Waals surface area contributed by atoms with Crippen molar-refractivity contribution in [3.63, 3.8) is 0 Å². The van der Waals surface area contributed by atoms with Gasteiger partial charge in [0.15, 0.2) is 12.4 Å². The molecular weight excluding hydrogens is 387 g/mol. The number of para-hydroxylation sites is 3. The molecule has 2 aromatic rings. The van der Waals surface area contributed by atoms with Gasteiger partial charge in [-0.2, -0.15) is 0 Å². The van der Waals surface area contributed by atoms with Crippen LogP contribution in [0.2, 0.25) is 0 Å². The summed E-state index contributed by atoms with van der Waals surface area (Å²) in [5.41, 5.74) is 0.508. The summed E-state index contributed by atoms with van der Waals surface area (Å²) in [6.45, 7) is -0.296. The Hall–Kier alpha value is -2.16. The van der Waals surface area contributed by atoms with Crippen molar-refractivity contribution in [1.29, 1.82) is 0 Å². The minimum atomic E-state index is -0.548. The number of carbonyl (C=O) groups excluding carboxylic acids is 1. The van der Waals surface area contributed by atoms with Crippen LogP contribution >= 0.6 is 22.6 Å². The molecule has 0 atom stereocenters. The molecule has 0 radical (unpaired) electrons. The molecule has 7 heteroatoms. The monoisotopic (exact) mass is 398 g/mol. The lowest BCUT2D eigenvalue weighted by atomic mass is 10.3. The van der Waals surface area contributed by atoms with Crippen molar-refractivity contribution in [2.45, 2.75) is 0 Å². The van der Waals surface area contributed by atoms with Gasteiger partial charge < -0.3 is 10.1 Å². The van der Waals surface area contributed by atoms with Crippen molar-refractivity contribution in [2.75, 3.05) is 11.9 Å². The zero-order valence-electron chi connectivity index (χ0n) is 10.8. The highest BCUT2D eigenvalue weighted by atomic mass is 127. The standard InChI is InChI=1S/C14H11IN2O4/c15-10-5-1-2-6-11(10)16-14(18)9-21-13-8-4-3-7-12(13)17(19)20/h1-8H,9H2,(H,16,18). The highest BCUT2D eigenvalue weighted by Crippen LogP contribution is 2.25. The number of anilines is 1. The fraction of sp³-hybridized carbons (Fsp3) is 0.0714. The topological polar surface area (TPSA) is 81.5 Å². The van der Waals surface area contributed by atoms with Crippen molar-refractivity contribution >= 4 is 39.9 Å². The summed E-state index contributed by atoms with van der Waals surface area (Å²) in [4.78, 5) is 22.1. The van der Waals surface area contributed by atoms with Gasteiger partial charge in [0.25, 0.3) is 5.91 Å². The number of nitro benzene ring substituents is 1. The Morgan fingerprint density at radius 1 is 1.19 bits per heavy atom. The van der Waals surface area contributed by atoms with E-state index in [9.17, 15) is 14.9 Å². The molecule has 0 heterocycles. The summed E-state index contributed by atoms with van der Waals surface area (Å²) in [7, 11) is 0. The number of nitrogens with one attached hydrogen (secondary N) is 1. The first-order valence-electron chi connectivity index (χ1n) is 5.98. The zero-order chi connectivity index (χ0) is 15.2. The number of amides is 1. The minimum absolute atomic E-state index is 0.0698. The molecule has 0 aliphatic carbocycles. The van der Waals surface area contributed by atoms with E-state index in [4.69, 9.17) is 4.74 Å². The summed E-state index contributed by atoms with van der Waals surface area (Å²) >= 11 is 2.10. The molecule has 21 heavy (non-hydrogen) atoms. The Morgan fingerprint density at radius 2 is 1.86 bits per heavy atom. The average molecular weight is 398 g/mol. The molecule has 6 nitrogen and oxygen atoms in total. The lowest BCUT2D eigenvalue weighted by Gasteiger charge is -2.08. The number of carbonyl (C=O) groups is 1. The van der Waals surface area contributed by atoms with Crippen molar-refractivity contribution in [3.05, 3.63) is 62.2 Å². The van der Waals surface area contributed by atoms with Gasteiger partial charge in [0, 0.05) is 9.64 Å². The van der Waals surface area contributed by atoms with Crippen LogP contribution in [-0.2, 0) is 4.79 Å². The van der Waals surface area contributed by atoms with Gasteiger partial charge in [0.2, 0.25) is 0 Å². The van der Waals surface area contributed by atoms with Crippen LogP contribution in [0.25, 0.3) is 0 Å². The minimum Gasteiger partial charge on any atom is -0.477 e. The molecule has 1 amide bonds. The van der Waals surface area contributed by atoms with E-state index in [1.807, 2.05) is 12.1 Å². The summed E-state index contributed by atoms with van der Waals surface area (Å²) in [6.07, 6.45) is 0. The molecule has 1 N–H and O–H groups in total. The second-order valence-electron chi connectivity index (χ2n) is 4.04. The Morgan fingerprint density at radius 3 is 2.57 bits per heavy atom. The van der Waals surface area contributed by atoms with Gasteiger partial charge >= 0.3 is 5.69 Å². The Kier molecular flexibility index (Phi) is 5.09. The normalized spacial score (nSPS) is 9.95. The molecular formula is C14H11IN2O4. The fourth-order valence-electron chi connectivity index (χ4n) is 1.62. The van der Waals surface area contributed by atoms with Crippen LogP contribution < -0.4 is 10.1 Å². The summed E-state index contributed by atoms with van der Waals surface area (Å²) in [5.74, 6) is -0.308. The third kappa shape index (κ3) is 4.15. The van der Waals surface area contributed by atoms with Crippen LogP contribution in [0.15, 0.2) is 48.5 Å². The van der Waals surface area contributed by atoms with Crippen LogP contribution in [0.4, 0.5) is 11.4 Å². The molecule has 0 saturated carbocycles. The number of hydrogen-bond donors (Lipinski definition) is 1. The maximum atomic E-state index is 11.8. The molecule has 2 aromatic carbocycles. The maximum Gasteiger partial charge on any atom is 0.310 e. The van der Waals surface area contributed by atoms with E-state index in [0.29, 0.717) is 5.69 Å². The number of nitrogens with zero attached hydrogens (tertiary/aromatic N) is 1. The number of halogens is 1. The van der Waals surface area contributed by atoms with Gasteiger partial charge in [-0.15, -0.1) is 0 Å². The van der Waals surface area contributed by atoms with E-state index in [1.165, 1.54) is 18.2 Å². The first-order valence-corrected chi connectivity index (χ1v) is 7.06. The summed E-state index contributed by atoms with van der Waals surface area (Å²) in [6, 6.07) is 13.2. The first-order chi connectivity index (χ1) is 10.1. The highest BCUT2D eigenvalue weighted by Gasteiger charge is 2.15. The fourth-order valence-corrected chi connectivity index (χ4v) is 2.14. The Labute approximate surface area is 134 Å². The van der Waals surface area contributed by atoms with Crippen molar-refractivity contribution in [3.8, 4) is 5.75 Å².